The van der Waals surface area contributed by atoms with Crippen LogP contribution in [0.4, 0.5) is 0 Å². The van der Waals surface area contributed by atoms with Crippen molar-refractivity contribution in [2.75, 3.05) is 13.1 Å². The molecule has 1 unspecified atom stereocenters. The molecule has 4 heteroatoms. The van der Waals surface area contributed by atoms with Gasteiger partial charge in [0.15, 0.2) is 0 Å². The Kier molecular flexibility index (Phi) is 6.98. The summed E-state index contributed by atoms with van der Waals surface area (Å²) in [7, 11) is 0. The van der Waals surface area contributed by atoms with Gasteiger partial charge in [-0.3, -0.25) is 4.79 Å². The number of terminal acetylenes is 1. The number of carbonyl (C=O) groups excluding carboxylic acids is 1. The van der Waals surface area contributed by atoms with E-state index in [2.05, 4.69) is 11.2 Å². The molecule has 0 aromatic heterocycles. The van der Waals surface area contributed by atoms with E-state index in [1.54, 1.807) is 0 Å². The number of hydrogen-bond acceptors (Lipinski definition) is 3. The zero-order valence-corrected chi connectivity index (χ0v) is 7.75. The van der Waals surface area contributed by atoms with E-state index in [-0.39, 0.29) is 12.5 Å². The van der Waals surface area contributed by atoms with Gasteiger partial charge >= 0.3 is 0 Å². The summed E-state index contributed by atoms with van der Waals surface area (Å²) in [5.41, 5.74) is 10.9. The summed E-state index contributed by atoms with van der Waals surface area (Å²) in [6.45, 7) is 0.877. The van der Waals surface area contributed by atoms with Gasteiger partial charge in [0.25, 0.3) is 0 Å². The Labute approximate surface area is 79.0 Å². The first kappa shape index (κ1) is 11.9. The summed E-state index contributed by atoms with van der Waals surface area (Å²) < 4.78 is 0. The van der Waals surface area contributed by atoms with Crippen LogP contribution in [0, 0.1) is 12.3 Å². The Hall–Kier alpha value is -1.05. The molecule has 0 aromatic rings. The number of hydrogen-bond donors (Lipinski definition) is 3. The summed E-state index contributed by atoms with van der Waals surface area (Å²) >= 11 is 0. The van der Waals surface area contributed by atoms with Crippen LogP contribution in [-0.2, 0) is 4.79 Å². The van der Waals surface area contributed by atoms with E-state index < -0.39 is 6.04 Å². The number of nitrogens with one attached hydrogen (secondary N) is 1. The number of carbonyl (C=O) groups is 1. The molecule has 0 saturated carbocycles. The van der Waals surface area contributed by atoms with Crippen molar-refractivity contribution >= 4 is 5.91 Å². The monoisotopic (exact) mass is 183 g/mol. The Morgan fingerprint density at radius 2 is 2.23 bits per heavy atom. The van der Waals surface area contributed by atoms with E-state index in [1.165, 1.54) is 0 Å². The lowest BCUT2D eigenvalue weighted by Gasteiger charge is -2.09. The summed E-state index contributed by atoms with van der Waals surface area (Å²) in [4.78, 5) is 11.1. The maximum Gasteiger partial charge on any atom is 0.237 e. The van der Waals surface area contributed by atoms with Gasteiger partial charge in [-0.25, -0.2) is 0 Å². The summed E-state index contributed by atoms with van der Waals surface area (Å²) in [5.74, 6) is 2.13. The van der Waals surface area contributed by atoms with Crippen molar-refractivity contribution in [3.05, 3.63) is 0 Å². The molecular weight excluding hydrogens is 166 g/mol. The van der Waals surface area contributed by atoms with Crippen LogP contribution in [0.25, 0.3) is 0 Å². The Morgan fingerprint density at radius 3 is 2.77 bits per heavy atom. The van der Waals surface area contributed by atoms with Gasteiger partial charge in [-0.1, -0.05) is 12.3 Å². The van der Waals surface area contributed by atoms with Crippen LogP contribution in [0.2, 0.25) is 0 Å². The molecule has 0 spiro atoms. The first-order valence-electron chi connectivity index (χ1n) is 4.39. The quantitative estimate of drug-likeness (QED) is 0.372. The molecule has 0 aromatic carbocycles. The molecule has 0 rings (SSSR count). The molecule has 0 bridgehead atoms. The molecule has 0 aliphatic heterocycles. The van der Waals surface area contributed by atoms with Gasteiger partial charge in [-0.15, -0.1) is 6.42 Å². The van der Waals surface area contributed by atoms with Crippen molar-refractivity contribution in [1.29, 1.82) is 0 Å². The van der Waals surface area contributed by atoms with Crippen LogP contribution in [0.3, 0.4) is 0 Å². The second-order valence-electron chi connectivity index (χ2n) is 2.81. The highest BCUT2D eigenvalue weighted by molar-refractivity contribution is 5.81. The summed E-state index contributed by atoms with van der Waals surface area (Å²) in [6.07, 6.45) is 7.41. The van der Waals surface area contributed by atoms with Gasteiger partial charge in [0.05, 0.1) is 12.6 Å². The van der Waals surface area contributed by atoms with Gasteiger partial charge in [-0.2, -0.15) is 0 Å². The molecule has 1 amide bonds. The fourth-order valence-corrected chi connectivity index (χ4v) is 0.909. The van der Waals surface area contributed by atoms with Gasteiger partial charge < -0.3 is 16.8 Å². The Balaban J connectivity index is 3.52. The molecule has 0 aliphatic rings. The van der Waals surface area contributed by atoms with Crippen LogP contribution in [-0.4, -0.2) is 25.0 Å². The SMILES string of the molecule is C#CCNC(=O)C(N)CCCCN. The third kappa shape index (κ3) is 6.14. The van der Waals surface area contributed by atoms with E-state index >= 15 is 0 Å². The molecule has 0 radical (unpaired) electrons. The zero-order valence-electron chi connectivity index (χ0n) is 7.75. The molecule has 1 atom stereocenters. The third-order valence-electron chi connectivity index (χ3n) is 1.67. The maximum atomic E-state index is 11.1. The standard InChI is InChI=1S/C9H17N3O/c1-2-7-12-9(13)8(11)5-3-4-6-10/h1,8H,3-7,10-11H2,(H,12,13). The molecule has 13 heavy (non-hydrogen) atoms. The van der Waals surface area contributed by atoms with Crippen molar-refractivity contribution in [3.8, 4) is 12.3 Å². The van der Waals surface area contributed by atoms with Crippen molar-refractivity contribution in [2.45, 2.75) is 25.3 Å². The smallest absolute Gasteiger partial charge is 0.237 e. The number of rotatable bonds is 6. The topological polar surface area (TPSA) is 81.1 Å². The van der Waals surface area contributed by atoms with Crippen molar-refractivity contribution in [2.24, 2.45) is 11.5 Å². The van der Waals surface area contributed by atoms with E-state index in [9.17, 15) is 4.79 Å². The fraction of sp³-hybridized carbons (Fsp3) is 0.667. The summed E-state index contributed by atoms with van der Waals surface area (Å²) in [6, 6.07) is -0.458. The lowest BCUT2D eigenvalue weighted by molar-refractivity contribution is -0.122. The Morgan fingerprint density at radius 1 is 1.54 bits per heavy atom. The molecule has 4 nitrogen and oxygen atoms in total. The predicted molar refractivity (Wildman–Crippen MR) is 52.7 cm³/mol. The predicted octanol–water partition coefficient (Wildman–Crippen LogP) is -0.808. The van der Waals surface area contributed by atoms with Crippen LogP contribution in [0.15, 0.2) is 0 Å². The van der Waals surface area contributed by atoms with Gasteiger partial charge in [0, 0.05) is 0 Å². The lowest BCUT2D eigenvalue weighted by atomic mass is 10.1. The zero-order chi connectivity index (χ0) is 10.1. The van der Waals surface area contributed by atoms with Crippen molar-refractivity contribution in [1.82, 2.24) is 5.32 Å². The minimum absolute atomic E-state index is 0.185. The normalized spacial score (nSPS) is 11.8. The van der Waals surface area contributed by atoms with Crippen LogP contribution in [0.1, 0.15) is 19.3 Å². The van der Waals surface area contributed by atoms with E-state index in [0.717, 1.165) is 12.8 Å². The van der Waals surface area contributed by atoms with Gasteiger partial charge in [0.1, 0.15) is 0 Å². The van der Waals surface area contributed by atoms with Gasteiger partial charge in [0.2, 0.25) is 5.91 Å². The number of amides is 1. The number of unbranched alkanes of at least 4 members (excludes halogenated alkanes) is 1. The first-order valence-corrected chi connectivity index (χ1v) is 4.39. The lowest BCUT2D eigenvalue weighted by Crippen LogP contribution is -2.40. The molecule has 74 valence electrons. The molecule has 0 fully saturated rings. The first-order chi connectivity index (χ1) is 6.22. The van der Waals surface area contributed by atoms with E-state index in [1.807, 2.05) is 0 Å². The third-order valence-corrected chi connectivity index (χ3v) is 1.67. The van der Waals surface area contributed by atoms with E-state index in [0.29, 0.717) is 13.0 Å². The highest BCUT2D eigenvalue weighted by atomic mass is 16.2. The molecular formula is C9H17N3O. The van der Waals surface area contributed by atoms with Crippen LogP contribution in [0.5, 0.6) is 0 Å². The molecule has 0 heterocycles. The maximum absolute atomic E-state index is 11.1. The molecule has 0 saturated heterocycles. The average molecular weight is 183 g/mol. The second kappa shape index (κ2) is 7.59. The van der Waals surface area contributed by atoms with E-state index in [4.69, 9.17) is 17.9 Å². The highest BCUT2D eigenvalue weighted by Crippen LogP contribution is 1.97. The van der Waals surface area contributed by atoms with Crippen LogP contribution < -0.4 is 16.8 Å². The average Bonchev–Trinajstić information content (AvgIpc) is 2.14. The van der Waals surface area contributed by atoms with Gasteiger partial charge in [-0.05, 0) is 19.4 Å². The molecule has 0 aliphatic carbocycles. The van der Waals surface area contributed by atoms with Crippen molar-refractivity contribution < 1.29 is 4.79 Å². The van der Waals surface area contributed by atoms with Crippen LogP contribution >= 0.6 is 0 Å². The largest absolute Gasteiger partial charge is 0.344 e. The minimum atomic E-state index is -0.458. The summed E-state index contributed by atoms with van der Waals surface area (Å²) in [5, 5.41) is 2.53. The minimum Gasteiger partial charge on any atom is -0.344 e. The second-order valence-corrected chi connectivity index (χ2v) is 2.81. The van der Waals surface area contributed by atoms with Crippen molar-refractivity contribution in [3.63, 3.8) is 0 Å². The fourth-order valence-electron chi connectivity index (χ4n) is 0.909. The Bertz CT molecular complexity index is 186. The number of nitrogens with two attached hydrogens (primary N) is 2. The molecule has 5 N–H and O–H groups in total. The highest BCUT2D eigenvalue weighted by Gasteiger charge is 2.10.